The van der Waals surface area contributed by atoms with Crippen molar-refractivity contribution in [3.8, 4) is 0 Å². The number of rotatable bonds is 3. The Kier molecular flexibility index (Phi) is 3.28. The number of para-hydroxylation sites is 2. The summed E-state index contributed by atoms with van der Waals surface area (Å²) >= 11 is 5.93. The van der Waals surface area contributed by atoms with Crippen LogP contribution in [0, 0.1) is 0 Å². The lowest BCUT2D eigenvalue weighted by molar-refractivity contribution is 0.0924. The molecule has 0 spiro atoms. The van der Waals surface area contributed by atoms with Gasteiger partial charge in [-0.05, 0) is 36.4 Å². The SMILES string of the molecule is O=C(NCc1nc2ccccc2[nH]1)c1cc2cc(Cl)ccc2o1. The average molecular weight is 326 g/mol. The van der Waals surface area contributed by atoms with Crippen LogP contribution in [0.25, 0.3) is 22.0 Å². The van der Waals surface area contributed by atoms with Crippen molar-refractivity contribution in [2.75, 3.05) is 0 Å². The Morgan fingerprint density at radius 1 is 1.22 bits per heavy atom. The van der Waals surface area contributed by atoms with Crippen LogP contribution in [0.5, 0.6) is 0 Å². The Bertz CT molecular complexity index is 986. The molecule has 0 aliphatic carbocycles. The molecule has 0 atom stereocenters. The summed E-state index contributed by atoms with van der Waals surface area (Å²) in [4.78, 5) is 19.8. The van der Waals surface area contributed by atoms with Gasteiger partial charge in [0.1, 0.15) is 11.4 Å². The highest BCUT2D eigenvalue weighted by atomic mass is 35.5. The zero-order valence-corrected chi connectivity index (χ0v) is 12.7. The number of aromatic amines is 1. The van der Waals surface area contributed by atoms with E-state index in [1.165, 1.54) is 0 Å². The topological polar surface area (TPSA) is 70.9 Å². The summed E-state index contributed by atoms with van der Waals surface area (Å²) in [7, 11) is 0. The van der Waals surface area contributed by atoms with E-state index in [2.05, 4.69) is 15.3 Å². The number of nitrogens with one attached hydrogen (secondary N) is 2. The second-order valence-corrected chi connectivity index (χ2v) is 5.61. The molecule has 0 fully saturated rings. The predicted octanol–water partition coefficient (Wildman–Crippen LogP) is 3.89. The molecule has 2 N–H and O–H groups in total. The number of carbonyl (C=O) groups excluding carboxylic acids is 1. The van der Waals surface area contributed by atoms with E-state index in [1.54, 1.807) is 24.3 Å². The van der Waals surface area contributed by atoms with E-state index < -0.39 is 0 Å². The van der Waals surface area contributed by atoms with Crippen LogP contribution in [0.15, 0.2) is 52.9 Å². The van der Waals surface area contributed by atoms with Gasteiger partial charge < -0.3 is 14.7 Å². The molecule has 5 nitrogen and oxygen atoms in total. The van der Waals surface area contributed by atoms with E-state index in [1.807, 2.05) is 24.3 Å². The molecule has 23 heavy (non-hydrogen) atoms. The molecule has 0 unspecified atom stereocenters. The third-order valence-corrected chi connectivity index (χ3v) is 3.79. The van der Waals surface area contributed by atoms with E-state index in [0.29, 0.717) is 23.0 Å². The molecular weight excluding hydrogens is 314 g/mol. The summed E-state index contributed by atoms with van der Waals surface area (Å²) in [5.41, 5.74) is 2.44. The lowest BCUT2D eigenvalue weighted by Gasteiger charge is -1.99. The number of imidazole rings is 1. The molecular formula is C17H12ClN3O2. The second-order valence-electron chi connectivity index (χ2n) is 5.18. The molecule has 0 saturated heterocycles. The van der Waals surface area contributed by atoms with Gasteiger partial charge in [-0.25, -0.2) is 4.98 Å². The summed E-state index contributed by atoms with van der Waals surface area (Å²) in [6, 6.07) is 14.6. The van der Waals surface area contributed by atoms with Crippen LogP contribution in [0.4, 0.5) is 0 Å². The van der Waals surface area contributed by atoms with Crippen molar-refractivity contribution in [2.45, 2.75) is 6.54 Å². The molecule has 0 bridgehead atoms. The largest absolute Gasteiger partial charge is 0.451 e. The van der Waals surface area contributed by atoms with Crippen molar-refractivity contribution in [3.63, 3.8) is 0 Å². The number of amides is 1. The maximum Gasteiger partial charge on any atom is 0.287 e. The lowest BCUT2D eigenvalue weighted by atomic mass is 10.2. The number of aromatic nitrogens is 2. The van der Waals surface area contributed by atoms with Crippen LogP contribution in [0.2, 0.25) is 5.02 Å². The fraction of sp³-hybridized carbons (Fsp3) is 0.0588. The highest BCUT2D eigenvalue weighted by Crippen LogP contribution is 2.23. The first kappa shape index (κ1) is 13.8. The Morgan fingerprint density at radius 3 is 2.96 bits per heavy atom. The van der Waals surface area contributed by atoms with Gasteiger partial charge in [-0.2, -0.15) is 0 Å². The molecule has 2 aromatic heterocycles. The molecule has 0 aliphatic heterocycles. The molecule has 0 saturated carbocycles. The first-order chi connectivity index (χ1) is 11.2. The third kappa shape index (κ3) is 2.66. The molecule has 2 heterocycles. The molecule has 6 heteroatoms. The van der Waals surface area contributed by atoms with Gasteiger partial charge in [0.05, 0.1) is 17.6 Å². The first-order valence-electron chi connectivity index (χ1n) is 7.10. The molecule has 0 radical (unpaired) electrons. The van der Waals surface area contributed by atoms with E-state index in [-0.39, 0.29) is 11.7 Å². The number of fused-ring (bicyclic) bond motifs is 2. The highest BCUT2D eigenvalue weighted by molar-refractivity contribution is 6.31. The van der Waals surface area contributed by atoms with Crippen LogP contribution in [0.3, 0.4) is 0 Å². The number of H-pyrrole nitrogens is 1. The number of halogens is 1. The Hall–Kier alpha value is -2.79. The van der Waals surface area contributed by atoms with Crippen LogP contribution >= 0.6 is 11.6 Å². The van der Waals surface area contributed by atoms with Gasteiger partial charge in [0.2, 0.25) is 0 Å². The van der Waals surface area contributed by atoms with Gasteiger partial charge in [-0.1, -0.05) is 23.7 Å². The van der Waals surface area contributed by atoms with Crippen LogP contribution in [-0.2, 0) is 6.54 Å². The van der Waals surface area contributed by atoms with Crippen molar-refractivity contribution in [1.29, 1.82) is 0 Å². The second kappa shape index (κ2) is 5.44. The van der Waals surface area contributed by atoms with Crippen molar-refractivity contribution >= 4 is 39.5 Å². The van der Waals surface area contributed by atoms with E-state index in [4.69, 9.17) is 16.0 Å². The van der Waals surface area contributed by atoms with E-state index in [9.17, 15) is 4.79 Å². The Balaban J connectivity index is 1.52. The number of benzene rings is 2. The third-order valence-electron chi connectivity index (χ3n) is 3.56. The van der Waals surface area contributed by atoms with Crippen LogP contribution in [-0.4, -0.2) is 15.9 Å². The van der Waals surface area contributed by atoms with Gasteiger partial charge in [-0.3, -0.25) is 4.79 Å². The number of furan rings is 1. The predicted molar refractivity (Wildman–Crippen MR) is 88.5 cm³/mol. The highest BCUT2D eigenvalue weighted by Gasteiger charge is 2.13. The number of hydrogen-bond donors (Lipinski definition) is 2. The van der Waals surface area contributed by atoms with Gasteiger partial charge in [0.15, 0.2) is 5.76 Å². The van der Waals surface area contributed by atoms with Crippen molar-refractivity contribution in [1.82, 2.24) is 15.3 Å². The zero-order valence-electron chi connectivity index (χ0n) is 12.0. The molecule has 2 aromatic carbocycles. The van der Waals surface area contributed by atoms with Crippen molar-refractivity contribution in [3.05, 3.63) is 65.1 Å². The summed E-state index contributed by atoms with van der Waals surface area (Å²) in [5.74, 6) is 0.648. The first-order valence-corrected chi connectivity index (χ1v) is 7.48. The molecule has 4 aromatic rings. The van der Waals surface area contributed by atoms with E-state index in [0.717, 1.165) is 16.4 Å². The molecule has 4 rings (SSSR count). The minimum absolute atomic E-state index is 0.248. The fourth-order valence-electron chi connectivity index (χ4n) is 2.47. The maximum atomic E-state index is 12.2. The van der Waals surface area contributed by atoms with Crippen LogP contribution in [0.1, 0.15) is 16.4 Å². The summed E-state index contributed by atoms with van der Waals surface area (Å²) in [5, 5.41) is 4.19. The van der Waals surface area contributed by atoms with Gasteiger partial charge >= 0.3 is 0 Å². The molecule has 0 aliphatic rings. The number of hydrogen-bond acceptors (Lipinski definition) is 3. The minimum atomic E-state index is -0.294. The van der Waals surface area contributed by atoms with Crippen LogP contribution < -0.4 is 5.32 Å². The smallest absolute Gasteiger partial charge is 0.287 e. The summed E-state index contributed by atoms with van der Waals surface area (Å²) in [6.07, 6.45) is 0. The summed E-state index contributed by atoms with van der Waals surface area (Å²) in [6.45, 7) is 0.297. The van der Waals surface area contributed by atoms with Gasteiger partial charge in [0, 0.05) is 10.4 Å². The monoisotopic (exact) mass is 325 g/mol. The fourth-order valence-corrected chi connectivity index (χ4v) is 2.65. The zero-order chi connectivity index (χ0) is 15.8. The standard InChI is InChI=1S/C17H12ClN3O2/c18-11-5-6-14-10(7-11)8-15(23-14)17(22)19-9-16-20-12-3-1-2-4-13(12)21-16/h1-8H,9H2,(H,19,22)(H,20,21). The van der Waals surface area contributed by atoms with E-state index >= 15 is 0 Å². The lowest BCUT2D eigenvalue weighted by Crippen LogP contribution is -2.22. The Morgan fingerprint density at radius 2 is 2.09 bits per heavy atom. The number of nitrogens with zero attached hydrogens (tertiary/aromatic N) is 1. The minimum Gasteiger partial charge on any atom is -0.451 e. The normalized spacial score (nSPS) is 11.2. The summed E-state index contributed by atoms with van der Waals surface area (Å²) < 4.78 is 5.53. The molecule has 1 amide bonds. The average Bonchev–Trinajstić information content (AvgIpc) is 3.15. The van der Waals surface area contributed by atoms with Crippen molar-refractivity contribution in [2.24, 2.45) is 0 Å². The molecule has 114 valence electrons. The van der Waals surface area contributed by atoms with Gasteiger partial charge in [0.25, 0.3) is 5.91 Å². The Labute approximate surface area is 136 Å². The number of carbonyl (C=O) groups is 1. The van der Waals surface area contributed by atoms with Crippen molar-refractivity contribution < 1.29 is 9.21 Å². The van der Waals surface area contributed by atoms with Gasteiger partial charge in [-0.15, -0.1) is 0 Å². The maximum absolute atomic E-state index is 12.2. The quantitative estimate of drug-likeness (QED) is 0.600.